The summed E-state index contributed by atoms with van der Waals surface area (Å²) in [6, 6.07) is 0. The van der Waals surface area contributed by atoms with Crippen molar-refractivity contribution in [2.45, 2.75) is 63.3 Å². The molecule has 3 fully saturated rings. The molecule has 2 nitrogen and oxygen atoms in total. The first-order valence-electron chi connectivity index (χ1n) is 6.08. The SMILES string of the molecule is O=C1CC2(CCC2)C2(CCCCC2)N1. The number of carbonyl (C=O) groups is 1. The van der Waals surface area contributed by atoms with E-state index in [2.05, 4.69) is 5.32 Å². The predicted molar refractivity (Wildman–Crippen MR) is 54.9 cm³/mol. The van der Waals surface area contributed by atoms with Crippen LogP contribution in [0, 0.1) is 5.41 Å². The van der Waals surface area contributed by atoms with Gasteiger partial charge >= 0.3 is 0 Å². The maximum Gasteiger partial charge on any atom is 0.221 e. The fourth-order valence-corrected chi connectivity index (χ4v) is 3.99. The lowest BCUT2D eigenvalue weighted by Gasteiger charge is -2.53. The van der Waals surface area contributed by atoms with Crippen molar-refractivity contribution in [3.05, 3.63) is 0 Å². The van der Waals surface area contributed by atoms with E-state index in [0.717, 1.165) is 6.42 Å². The molecule has 0 aromatic heterocycles. The summed E-state index contributed by atoms with van der Waals surface area (Å²) in [6.07, 6.45) is 11.3. The van der Waals surface area contributed by atoms with Crippen molar-refractivity contribution in [2.75, 3.05) is 0 Å². The Morgan fingerprint density at radius 2 is 1.64 bits per heavy atom. The first kappa shape index (κ1) is 8.75. The minimum absolute atomic E-state index is 0.237. The molecule has 2 aliphatic carbocycles. The van der Waals surface area contributed by atoms with Crippen LogP contribution in [0.5, 0.6) is 0 Å². The molecule has 1 heterocycles. The maximum atomic E-state index is 11.6. The summed E-state index contributed by atoms with van der Waals surface area (Å²) in [5.41, 5.74) is 0.630. The molecule has 14 heavy (non-hydrogen) atoms. The van der Waals surface area contributed by atoms with Crippen molar-refractivity contribution in [1.29, 1.82) is 0 Å². The van der Waals surface area contributed by atoms with Crippen LogP contribution in [0.1, 0.15) is 57.8 Å². The normalized spacial score (nSPS) is 33.0. The second-order valence-corrected chi connectivity index (χ2v) is 5.50. The highest BCUT2D eigenvalue weighted by atomic mass is 16.2. The average molecular weight is 193 g/mol. The van der Waals surface area contributed by atoms with Gasteiger partial charge in [-0.05, 0) is 25.7 Å². The number of hydrogen-bond acceptors (Lipinski definition) is 1. The molecular weight excluding hydrogens is 174 g/mol. The summed E-state index contributed by atoms with van der Waals surface area (Å²) in [6.45, 7) is 0. The second-order valence-electron chi connectivity index (χ2n) is 5.50. The minimum atomic E-state index is 0.237. The van der Waals surface area contributed by atoms with Gasteiger partial charge in [-0.25, -0.2) is 0 Å². The van der Waals surface area contributed by atoms with Crippen molar-refractivity contribution in [2.24, 2.45) is 5.41 Å². The lowest BCUT2D eigenvalue weighted by Crippen LogP contribution is -2.56. The van der Waals surface area contributed by atoms with Gasteiger partial charge in [-0.1, -0.05) is 25.7 Å². The van der Waals surface area contributed by atoms with Gasteiger partial charge in [-0.2, -0.15) is 0 Å². The predicted octanol–water partition coefficient (Wildman–Crippen LogP) is 2.38. The standard InChI is InChI=1S/C12H19NO/c14-10-9-11(5-4-6-11)12(13-10)7-2-1-3-8-12/h1-9H2,(H,13,14). The van der Waals surface area contributed by atoms with Crippen LogP contribution < -0.4 is 5.32 Å². The molecule has 0 aromatic carbocycles. The van der Waals surface area contributed by atoms with E-state index in [4.69, 9.17) is 0 Å². The fraction of sp³-hybridized carbons (Fsp3) is 0.917. The second kappa shape index (κ2) is 2.74. The zero-order valence-corrected chi connectivity index (χ0v) is 8.77. The zero-order chi connectivity index (χ0) is 9.65. The molecule has 2 heteroatoms. The third-order valence-corrected chi connectivity index (χ3v) is 4.91. The Morgan fingerprint density at radius 3 is 2.21 bits per heavy atom. The summed E-state index contributed by atoms with van der Waals surface area (Å²) >= 11 is 0. The molecule has 0 bridgehead atoms. The molecule has 1 aliphatic heterocycles. The van der Waals surface area contributed by atoms with Crippen LogP contribution in [0.3, 0.4) is 0 Å². The Bertz CT molecular complexity index is 261. The largest absolute Gasteiger partial charge is 0.350 e. The fourth-order valence-electron chi connectivity index (χ4n) is 3.99. The van der Waals surface area contributed by atoms with Crippen molar-refractivity contribution >= 4 is 5.91 Å². The van der Waals surface area contributed by atoms with Gasteiger partial charge in [0.15, 0.2) is 0 Å². The van der Waals surface area contributed by atoms with Crippen molar-refractivity contribution in [3.63, 3.8) is 0 Å². The van der Waals surface area contributed by atoms with E-state index < -0.39 is 0 Å². The van der Waals surface area contributed by atoms with E-state index in [1.165, 1.54) is 51.4 Å². The van der Waals surface area contributed by atoms with E-state index >= 15 is 0 Å². The van der Waals surface area contributed by atoms with Gasteiger partial charge in [0.1, 0.15) is 0 Å². The van der Waals surface area contributed by atoms with E-state index in [9.17, 15) is 4.79 Å². The van der Waals surface area contributed by atoms with Gasteiger partial charge in [0.2, 0.25) is 5.91 Å². The summed E-state index contributed by atoms with van der Waals surface area (Å²) in [5, 5.41) is 3.32. The Morgan fingerprint density at radius 1 is 0.929 bits per heavy atom. The van der Waals surface area contributed by atoms with Gasteiger partial charge in [-0.15, -0.1) is 0 Å². The highest BCUT2D eigenvalue weighted by Crippen LogP contribution is 2.59. The molecular formula is C12H19NO. The number of carbonyl (C=O) groups excluding carboxylic acids is 1. The third-order valence-electron chi connectivity index (χ3n) is 4.91. The van der Waals surface area contributed by atoms with Crippen LogP contribution in [-0.2, 0) is 4.79 Å². The Labute approximate surface area is 85.4 Å². The van der Waals surface area contributed by atoms with E-state index in [0.29, 0.717) is 11.3 Å². The molecule has 1 N–H and O–H groups in total. The summed E-state index contributed by atoms with van der Waals surface area (Å²) < 4.78 is 0. The van der Waals surface area contributed by atoms with Gasteiger partial charge in [0.05, 0.1) is 0 Å². The van der Waals surface area contributed by atoms with E-state index in [1.807, 2.05) is 0 Å². The average Bonchev–Trinajstić information content (AvgIpc) is 2.39. The van der Waals surface area contributed by atoms with Crippen LogP contribution in [-0.4, -0.2) is 11.4 Å². The maximum absolute atomic E-state index is 11.6. The van der Waals surface area contributed by atoms with Crippen LogP contribution in [0.15, 0.2) is 0 Å². The molecule has 2 saturated carbocycles. The van der Waals surface area contributed by atoms with Crippen molar-refractivity contribution in [1.82, 2.24) is 5.32 Å². The summed E-state index contributed by atoms with van der Waals surface area (Å²) in [4.78, 5) is 11.6. The first-order valence-corrected chi connectivity index (χ1v) is 6.08. The molecule has 0 atom stereocenters. The Balaban J connectivity index is 1.91. The summed E-state index contributed by atoms with van der Waals surface area (Å²) in [5.74, 6) is 0.326. The van der Waals surface area contributed by atoms with Crippen LogP contribution in [0.2, 0.25) is 0 Å². The number of hydrogen-bond donors (Lipinski definition) is 1. The van der Waals surface area contributed by atoms with Gasteiger partial charge in [0, 0.05) is 17.4 Å². The Hall–Kier alpha value is -0.530. The molecule has 0 unspecified atom stereocenters. The Kier molecular flexibility index (Phi) is 1.71. The van der Waals surface area contributed by atoms with Gasteiger partial charge < -0.3 is 5.32 Å². The summed E-state index contributed by atoms with van der Waals surface area (Å²) in [7, 11) is 0. The molecule has 1 saturated heterocycles. The number of rotatable bonds is 0. The number of amides is 1. The molecule has 78 valence electrons. The van der Waals surface area contributed by atoms with E-state index in [1.54, 1.807) is 0 Å². The quantitative estimate of drug-likeness (QED) is 0.628. The van der Waals surface area contributed by atoms with Crippen LogP contribution in [0.4, 0.5) is 0 Å². The minimum Gasteiger partial charge on any atom is -0.350 e. The molecule has 3 rings (SSSR count). The molecule has 2 spiro atoms. The lowest BCUT2D eigenvalue weighted by atomic mass is 9.54. The van der Waals surface area contributed by atoms with Crippen molar-refractivity contribution < 1.29 is 4.79 Å². The number of nitrogens with one attached hydrogen (secondary N) is 1. The third kappa shape index (κ3) is 0.945. The van der Waals surface area contributed by atoms with Gasteiger partial charge in [-0.3, -0.25) is 4.79 Å². The molecule has 3 aliphatic rings. The highest BCUT2D eigenvalue weighted by Gasteiger charge is 2.60. The zero-order valence-electron chi connectivity index (χ0n) is 8.77. The highest BCUT2D eigenvalue weighted by molar-refractivity contribution is 5.81. The van der Waals surface area contributed by atoms with E-state index in [-0.39, 0.29) is 5.54 Å². The topological polar surface area (TPSA) is 29.1 Å². The number of fused-ring (bicyclic) bond motifs is 1. The van der Waals surface area contributed by atoms with Gasteiger partial charge in [0.25, 0.3) is 0 Å². The smallest absolute Gasteiger partial charge is 0.221 e. The molecule has 0 radical (unpaired) electrons. The molecule has 1 amide bonds. The van der Waals surface area contributed by atoms with Crippen LogP contribution in [0.25, 0.3) is 0 Å². The first-order chi connectivity index (χ1) is 6.77. The van der Waals surface area contributed by atoms with Crippen molar-refractivity contribution in [3.8, 4) is 0 Å². The van der Waals surface area contributed by atoms with Crippen LogP contribution >= 0.6 is 0 Å². The molecule has 0 aromatic rings. The monoisotopic (exact) mass is 193 g/mol. The lowest BCUT2D eigenvalue weighted by molar-refractivity contribution is -0.120.